The van der Waals surface area contributed by atoms with Gasteiger partial charge in [0.05, 0.1) is 19.1 Å². The second-order valence-corrected chi connectivity index (χ2v) is 3.64. The number of alkyl halides is 2. The molecule has 0 fully saturated rings. The van der Waals surface area contributed by atoms with Crippen LogP contribution in [0.15, 0.2) is 18.2 Å². The van der Waals surface area contributed by atoms with E-state index < -0.39 is 18.5 Å². The van der Waals surface area contributed by atoms with Crippen LogP contribution in [-0.4, -0.2) is 37.2 Å². The number of carboxylic acids is 1. The molecule has 6 nitrogen and oxygen atoms in total. The van der Waals surface area contributed by atoms with Gasteiger partial charge in [0.1, 0.15) is 11.5 Å². The number of hydrogen-bond donors (Lipinski definition) is 2. The Kier molecular flexibility index (Phi) is 5.70. The minimum absolute atomic E-state index is 0.117. The average molecular weight is 289 g/mol. The molecule has 0 unspecified atom stereocenters. The van der Waals surface area contributed by atoms with Crippen LogP contribution in [0.4, 0.5) is 8.78 Å². The van der Waals surface area contributed by atoms with Gasteiger partial charge in [-0.25, -0.2) is 0 Å². The summed E-state index contributed by atoms with van der Waals surface area (Å²) < 4.78 is 33.7. The highest BCUT2D eigenvalue weighted by Crippen LogP contribution is 2.26. The van der Waals surface area contributed by atoms with Gasteiger partial charge in [-0.1, -0.05) is 0 Å². The molecule has 2 N–H and O–H groups in total. The van der Waals surface area contributed by atoms with Crippen LogP contribution in [0, 0.1) is 0 Å². The fourth-order valence-electron chi connectivity index (χ4n) is 1.39. The van der Waals surface area contributed by atoms with Crippen molar-refractivity contribution in [3.05, 3.63) is 23.8 Å². The lowest BCUT2D eigenvalue weighted by molar-refractivity contribution is -0.136. The summed E-state index contributed by atoms with van der Waals surface area (Å²) in [5, 5.41) is 10.7. The molecule has 20 heavy (non-hydrogen) atoms. The van der Waals surface area contributed by atoms with E-state index in [-0.39, 0.29) is 30.0 Å². The molecule has 1 aromatic rings. The van der Waals surface area contributed by atoms with Crippen LogP contribution in [0.25, 0.3) is 0 Å². The zero-order valence-corrected chi connectivity index (χ0v) is 10.6. The van der Waals surface area contributed by atoms with E-state index in [0.29, 0.717) is 0 Å². The molecule has 0 aliphatic rings. The molecule has 0 spiro atoms. The number of benzene rings is 1. The van der Waals surface area contributed by atoms with Gasteiger partial charge in [-0.3, -0.25) is 9.59 Å². The molecule has 8 heteroatoms. The van der Waals surface area contributed by atoms with Gasteiger partial charge in [0.15, 0.2) is 0 Å². The molecule has 1 rings (SSSR count). The highest BCUT2D eigenvalue weighted by atomic mass is 19.3. The molecule has 1 amide bonds. The summed E-state index contributed by atoms with van der Waals surface area (Å²) in [7, 11) is 1.34. The molecule has 0 aliphatic carbocycles. The van der Waals surface area contributed by atoms with Crippen molar-refractivity contribution in [2.75, 3.05) is 13.7 Å². The van der Waals surface area contributed by atoms with Crippen LogP contribution in [0.5, 0.6) is 11.5 Å². The zero-order valence-electron chi connectivity index (χ0n) is 10.6. The van der Waals surface area contributed by atoms with Crippen molar-refractivity contribution >= 4 is 11.9 Å². The van der Waals surface area contributed by atoms with Crippen molar-refractivity contribution in [3.8, 4) is 11.5 Å². The summed E-state index contributed by atoms with van der Waals surface area (Å²) >= 11 is 0. The standard InChI is InChI=1S/C12H13F2NO5/c1-19-7-2-3-8(9(6-7)20-12(13)14)11(18)15-5-4-10(16)17/h2-3,6,12H,4-5H2,1H3,(H,15,18)(H,16,17). The third kappa shape index (κ3) is 4.71. The molecule has 1 aromatic carbocycles. The van der Waals surface area contributed by atoms with Gasteiger partial charge in [-0.15, -0.1) is 0 Å². The third-order valence-corrected chi connectivity index (χ3v) is 2.27. The molecule has 0 bridgehead atoms. The van der Waals surface area contributed by atoms with Gasteiger partial charge >= 0.3 is 12.6 Å². The number of halogens is 2. The number of methoxy groups -OCH3 is 1. The number of carboxylic acid groups (broad SMARTS) is 1. The predicted octanol–water partition coefficient (Wildman–Crippen LogP) is 1.50. The maximum atomic E-state index is 12.3. The smallest absolute Gasteiger partial charge is 0.387 e. The number of aliphatic carboxylic acids is 1. The number of amides is 1. The van der Waals surface area contributed by atoms with Gasteiger partial charge in [0, 0.05) is 12.6 Å². The minimum Gasteiger partial charge on any atom is -0.497 e. The molecular weight excluding hydrogens is 276 g/mol. The summed E-state index contributed by atoms with van der Waals surface area (Å²) in [6.45, 7) is -3.21. The Morgan fingerprint density at radius 3 is 2.65 bits per heavy atom. The largest absolute Gasteiger partial charge is 0.497 e. The Hall–Kier alpha value is -2.38. The topological polar surface area (TPSA) is 84.9 Å². The van der Waals surface area contributed by atoms with Gasteiger partial charge < -0.3 is 19.9 Å². The maximum absolute atomic E-state index is 12.3. The number of rotatable bonds is 7. The fraction of sp³-hybridized carbons (Fsp3) is 0.333. The zero-order chi connectivity index (χ0) is 15.1. The van der Waals surface area contributed by atoms with Crippen molar-refractivity contribution < 1.29 is 33.0 Å². The number of carbonyl (C=O) groups is 2. The van der Waals surface area contributed by atoms with E-state index >= 15 is 0 Å². The van der Waals surface area contributed by atoms with E-state index in [1.807, 2.05) is 0 Å². The van der Waals surface area contributed by atoms with Crippen LogP contribution >= 0.6 is 0 Å². The average Bonchev–Trinajstić information content (AvgIpc) is 2.37. The van der Waals surface area contributed by atoms with Gasteiger partial charge in [-0.05, 0) is 12.1 Å². The van der Waals surface area contributed by atoms with Crippen molar-refractivity contribution in [1.29, 1.82) is 0 Å². The van der Waals surface area contributed by atoms with E-state index in [1.165, 1.54) is 19.2 Å². The predicted molar refractivity (Wildman–Crippen MR) is 64.2 cm³/mol. The Bertz CT molecular complexity index is 493. The Morgan fingerprint density at radius 2 is 2.10 bits per heavy atom. The Labute approximate surface area is 113 Å². The second-order valence-electron chi connectivity index (χ2n) is 3.64. The summed E-state index contributed by atoms with van der Waals surface area (Å²) in [4.78, 5) is 22.1. The lowest BCUT2D eigenvalue weighted by Gasteiger charge is -2.12. The van der Waals surface area contributed by atoms with E-state index in [0.717, 1.165) is 6.07 Å². The van der Waals surface area contributed by atoms with E-state index in [9.17, 15) is 18.4 Å². The minimum atomic E-state index is -3.09. The van der Waals surface area contributed by atoms with Crippen LogP contribution in [0.1, 0.15) is 16.8 Å². The number of hydrogen-bond acceptors (Lipinski definition) is 4. The molecule has 0 aliphatic heterocycles. The molecular formula is C12H13F2NO5. The summed E-state index contributed by atoms with van der Waals surface area (Å²) in [5.41, 5.74) is -0.128. The molecule has 0 aromatic heterocycles. The quantitative estimate of drug-likeness (QED) is 0.794. The molecule has 0 radical (unpaired) electrons. The number of carbonyl (C=O) groups excluding carboxylic acids is 1. The Morgan fingerprint density at radius 1 is 1.40 bits per heavy atom. The molecule has 0 saturated carbocycles. The van der Waals surface area contributed by atoms with E-state index in [2.05, 4.69) is 10.1 Å². The van der Waals surface area contributed by atoms with Crippen molar-refractivity contribution in [2.45, 2.75) is 13.0 Å². The Balaban J connectivity index is 2.85. The van der Waals surface area contributed by atoms with Crippen molar-refractivity contribution in [2.24, 2.45) is 0 Å². The first-order chi connectivity index (χ1) is 9.43. The lowest BCUT2D eigenvalue weighted by Crippen LogP contribution is -2.26. The van der Waals surface area contributed by atoms with Crippen molar-refractivity contribution in [3.63, 3.8) is 0 Å². The monoisotopic (exact) mass is 289 g/mol. The molecule has 110 valence electrons. The third-order valence-electron chi connectivity index (χ3n) is 2.27. The summed E-state index contributed by atoms with van der Waals surface area (Å²) in [6.07, 6.45) is -0.271. The van der Waals surface area contributed by atoms with E-state index in [4.69, 9.17) is 9.84 Å². The van der Waals surface area contributed by atoms with Crippen LogP contribution in [0.2, 0.25) is 0 Å². The molecule has 0 heterocycles. The fourth-order valence-corrected chi connectivity index (χ4v) is 1.39. The first-order valence-electron chi connectivity index (χ1n) is 5.57. The normalized spacial score (nSPS) is 10.2. The maximum Gasteiger partial charge on any atom is 0.387 e. The summed E-state index contributed by atoms with van der Waals surface area (Å²) in [6, 6.07) is 3.81. The summed E-state index contributed by atoms with van der Waals surface area (Å²) in [5.74, 6) is -1.87. The second kappa shape index (κ2) is 7.27. The van der Waals surface area contributed by atoms with Gasteiger partial charge in [-0.2, -0.15) is 8.78 Å². The van der Waals surface area contributed by atoms with Gasteiger partial charge in [0.2, 0.25) is 0 Å². The van der Waals surface area contributed by atoms with Crippen LogP contribution < -0.4 is 14.8 Å². The molecule has 0 saturated heterocycles. The highest BCUT2D eigenvalue weighted by Gasteiger charge is 2.17. The first kappa shape index (κ1) is 15.7. The van der Waals surface area contributed by atoms with Crippen LogP contribution in [0.3, 0.4) is 0 Å². The SMILES string of the molecule is COc1ccc(C(=O)NCCC(=O)O)c(OC(F)F)c1. The lowest BCUT2D eigenvalue weighted by atomic mass is 10.1. The van der Waals surface area contributed by atoms with Crippen LogP contribution in [-0.2, 0) is 4.79 Å². The molecule has 0 atom stereocenters. The first-order valence-corrected chi connectivity index (χ1v) is 5.57. The van der Waals surface area contributed by atoms with E-state index in [1.54, 1.807) is 0 Å². The highest BCUT2D eigenvalue weighted by molar-refractivity contribution is 5.97. The number of nitrogens with one attached hydrogen (secondary N) is 1. The number of ether oxygens (including phenoxy) is 2. The van der Waals surface area contributed by atoms with Gasteiger partial charge in [0.25, 0.3) is 5.91 Å². The van der Waals surface area contributed by atoms with Crippen molar-refractivity contribution in [1.82, 2.24) is 5.32 Å².